The number of carbonyl (C=O) groups is 4. The standard InChI is InChI=1S/C21H18Cl2N4O4/c1-24-16-5-3-12(22)7-14(16)20(30)26(9-18(24)28)11-27-10-19(29)25(2)17-6-4-13(23)8-15(17)21(27)31/h3-8H,9-11H2,1-2H3. The minimum absolute atomic E-state index is 0.241. The first kappa shape index (κ1) is 21.1. The fourth-order valence-corrected chi connectivity index (χ4v) is 4.01. The van der Waals surface area contributed by atoms with E-state index in [0.717, 1.165) is 0 Å². The van der Waals surface area contributed by atoms with Gasteiger partial charge in [-0.3, -0.25) is 19.2 Å². The first-order chi connectivity index (χ1) is 14.7. The van der Waals surface area contributed by atoms with Crippen LogP contribution >= 0.6 is 23.2 Å². The van der Waals surface area contributed by atoms with Crippen LogP contribution < -0.4 is 9.80 Å². The normalized spacial score (nSPS) is 16.9. The summed E-state index contributed by atoms with van der Waals surface area (Å²) < 4.78 is 0. The lowest BCUT2D eigenvalue weighted by molar-refractivity contribution is -0.119. The summed E-state index contributed by atoms with van der Waals surface area (Å²) in [4.78, 5) is 57.0. The highest BCUT2D eigenvalue weighted by Gasteiger charge is 2.35. The molecule has 0 fully saturated rings. The lowest BCUT2D eigenvalue weighted by atomic mass is 10.1. The number of rotatable bonds is 2. The molecule has 0 N–H and O–H groups in total. The second-order valence-electron chi connectivity index (χ2n) is 7.38. The zero-order valence-corrected chi connectivity index (χ0v) is 18.3. The van der Waals surface area contributed by atoms with E-state index in [-0.39, 0.29) is 42.7 Å². The van der Waals surface area contributed by atoms with Crippen molar-refractivity contribution in [1.29, 1.82) is 0 Å². The third-order valence-corrected chi connectivity index (χ3v) is 5.89. The molecule has 0 spiro atoms. The number of halogens is 2. The maximum Gasteiger partial charge on any atom is 0.257 e. The molecule has 2 aromatic rings. The van der Waals surface area contributed by atoms with Gasteiger partial charge in [-0.2, -0.15) is 0 Å². The second-order valence-corrected chi connectivity index (χ2v) is 8.25. The summed E-state index contributed by atoms with van der Waals surface area (Å²) in [6, 6.07) is 9.37. The van der Waals surface area contributed by atoms with E-state index in [1.165, 1.54) is 31.7 Å². The van der Waals surface area contributed by atoms with Crippen molar-refractivity contribution < 1.29 is 19.2 Å². The van der Waals surface area contributed by atoms with Crippen molar-refractivity contribution in [1.82, 2.24) is 9.80 Å². The van der Waals surface area contributed by atoms with E-state index in [4.69, 9.17) is 23.2 Å². The lowest BCUT2D eigenvalue weighted by Crippen LogP contribution is -2.48. The number of benzene rings is 2. The average molecular weight is 461 g/mol. The molecule has 0 aliphatic carbocycles. The number of carbonyl (C=O) groups excluding carboxylic acids is 4. The average Bonchev–Trinajstić information content (AvgIpc) is 2.88. The highest BCUT2D eigenvalue weighted by molar-refractivity contribution is 6.31. The molecule has 0 atom stereocenters. The summed E-state index contributed by atoms with van der Waals surface area (Å²) in [7, 11) is 3.14. The first-order valence-electron chi connectivity index (χ1n) is 9.38. The van der Waals surface area contributed by atoms with Crippen LogP contribution in [0.4, 0.5) is 11.4 Å². The van der Waals surface area contributed by atoms with Crippen LogP contribution in [0.1, 0.15) is 20.7 Å². The Bertz CT molecular complexity index is 1050. The van der Waals surface area contributed by atoms with Crippen LogP contribution in [0.25, 0.3) is 0 Å². The maximum atomic E-state index is 13.2. The van der Waals surface area contributed by atoms with E-state index >= 15 is 0 Å². The van der Waals surface area contributed by atoms with Gasteiger partial charge in [0, 0.05) is 24.1 Å². The van der Waals surface area contributed by atoms with Gasteiger partial charge in [0.1, 0.15) is 13.1 Å². The molecule has 0 unspecified atom stereocenters. The molecule has 31 heavy (non-hydrogen) atoms. The summed E-state index contributed by atoms with van der Waals surface area (Å²) in [5, 5.41) is 0.696. The summed E-state index contributed by atoms with van der Waals surface area (Å²) >= 11 is 12.1. The first-order valence-corrected chi connectivity index (χ1v) is 10.1. The van der Waals surface area contributed by atoms with Crippen molar-refractivity contribution in [2.24, 2.45) is 0 Å². The van der Waals surface area contributed by atoms with Crippen molar-refractivity contribution in [3.8, 4) is 0 Å². The zero-order valence-electron chi connectivity index (χ0n) is 16.8. The Labute approximate surface area is 188 Å². The van der Waals surface area contributed by atoms with Crippen molar-refractivity contribution in [2.75, 3.05) is 43.7 Å². The van der Waals surface area contributed by atoms with E-state index in [0.29, 0.717) is 21.4 Å². The zero-order chi connectivity index (χ0) is 22.4. The smallest absolute Gasteiger partial charge is 0.257 e. The molecule has 0 saturated carbocycles. The van der Waals surface area contributed by atoms with Gasteiger partial charge in [0.05, 0.1) is 29.2 Å². The predicted molar refractivity (Wildman–Crippen MR) is 117 cm³/mol. The van der Waals surface area contributed by atoms with Gasteiger partial charge in [0.25, 0.3) is 11.8 Å². The van der Waals surface area contributed by atoms with E-state index in [9.17, 15) is 19.2 Å². The van der Waals surface area contributed by atoms with Gasteiger partial charge < -0.3 is 19.6 Å². The topological polar surface area (TPSA) is 81.2 Å². The molecular weight excluding hydrogens is 443 g/mol. The molecule has 160 valence electrons. The Balaban J connectivity index is 1.71. The number of likely N-dealkylation sites (N-methyl/N-ethyl adjacent to an activating group) is 2. The van der Waals surface area contributed by atoms with Gasteiger partial charge >= 0.3 is 0 Å². The Hall–Kier alpha value is -3.10. The van der Waals surface area contributed by atoms with Crippen LogP contribution in [-0.4, -0.2) is 67.3 Å². The summed E-state index contributed by atoms with van der Waals surface area (Å²) in [6.07, 6.45) is 0. The van der Waals surface area contributed by atoms with Crippen molar-refractivity contribution in [3.05, 3.63) is 57.6 Å². The van der Waals surface area contributed by atoms with Crippen LogP contribution in [0.2, 0.25) is 10.0 Å². The SMILES string of the molecule is CN1C(=O)CN(CN2CC(=O)N(C)c3ccc(Cl)cc3C2=O)C(=O)c2cc(Cl)ccc21. The molecule has 2 aliphatic heterocycles. The van der Waals surface area contributed by atoms with Crippen LogP contribution in [0.3, 0.4) is 0 Å². The predicted octanol–water partition coefficient (Wildman–Crippen LogP) is 2.49. The minimum Gasteiger partial charge on any atom is -0.313 e. The molecule has 2 heterocycles. The lowest BCUT2D eigenvalue weighted by Gasteiger charge is -2.28. The molecule has 4 amide bonds. The second kappa shape index (κ2) is 7.86. The van der Waals surface area contributed by atoms with Crippen LogP contribution in [0, 0.1) is 0 Å². The highest BCUT2D eigenvalue weighted by Crippen LogP contribution is 2.30. The van der Waals surface area contributed by atoms with Gasteiger partial charge in [-0.15, -0.1) is 0 Å². The van der Waals surface area contributed by atoms with E-state index in [1.54, 1.807) is 38.4 Å². The van der Waals surface area contributed by atoms with Gasteiger partial charge in [-0.1, -0.05) is 23.2 Å². The van der Waals surface area contributed by atoms with Gasteiger partial charge in [-0.25, -0.2) is 0 Å². The summed E-state index contributed by atoms with van der Waals surface area (Å²) in [5.74, 6) is -1.58. The summed E-state index contributed by atoms with van der Waals surface area (Å²) in [5.41, 5.74) is 1.35. The van der Waals surface area contributed by atoms with Crippen LogP contribution in [-0.2, 0) is 9.59 Å². The molecule has 4 rings (SSSR count). The fraction of sp³-hybridized carbons (Fsp3) is 0.238. The Morgan fingerprint density at radius 2 is 1.10 bits per heavy atom. The minimum atomic E-state index is -0.459. The number of hydrogen-bond acceptors (Lipinski definition) is 4. The van der Waals surface area contributed by atoms with Crippen LogP contribution in [0.15, 0.2) is 36.4 Å². The molecule has 2 aromatic carbocycles. The Morgan fingerprint density at radius 3 is 1.48 bits per heavy atom. The van der Waals surface area contributed by atoms with Crippen molar-refractivity contribution >= 4 is 58.2 Å². The van der Waals surface area contributed by atoms with E-state index in [2.05, 4.69) is 0 Å². The number of fused-ring (bicyclic) bond motifs is 2. The number of amides is 4. The third-order valence-electron chi connectivity index (χ3n) is 5.42. The Morgan fingerprint density at radius 1 is 0.710 bits per heavy atom. The third kappa shape index (κ3) is 3.73. The largest absolute Gasteiger partial charge is 0.313 e. The molecule has 2 aliphatic rings. The van der Waals surface area contributed by atoms with E-state index in [1.807, 2.05) is 0 Å². The molecule has 0 saturated heterocycles. The number of anilines is 2. The van der Waals surface area contributed by atoms with Crippen molar-refractivity contribution in [3.63, 3.8) is 0 Å². The molecule has 0 bridgehead atoms. The van der Waals surface area contributed by atoms with Crippen LogP contribution in [0.5, 0.6) is 0 Å². The van der Waals surface area contributed by atoms with Gasteiger partial charge in [-0.05, 0) is 36.4 Å². The molecule has 0 aromatic heterocycles. The van der Waals surface area contributed by atoms with Gasteiger partial charge in [0.2, 0.25) is 11.8 Å². The highest BCUT2D eigenvalue weighted by atomic mass is 35.5. The monoisotopic (exact) mass is 460 g/mol. The number of hydrogen-bond donors (Lipinski definition) is 0. The number of nitrogens with zero attached hydrogens (tertiary/aromatic N) is 4. The molecule has 8 nitrogen and oxygen atoms in total. The van der Waals surface area contributed by atoms with Crippen molar-refractivity contribution in [2.45, 2.75) is 0 Å². The Kier molecular flexibility index (Phi) is 5.36. The summed E-state index contributed by atoms with van der Waals surface area (Å²) in [6.45, 7) is -0.746. The van der Waals surface area contributed by atoms with Gasteiger partial charge in [0.15, 0.2) is 0 Å². The molecular formula is C21H18Cl2N4O4. The van der Waals surface area contributed by atoms with E-state index < -0.39 is 11.8 Å². The maximum absolute atomic E-state index is 13.2. The fourth-order valence-electron chi connectivity index (χ4n) is 3.67. The molecule has 10 heteroatoms. The quantitative estimate of drug-likeness (QED) is 0.689. The molecule has 0 radical (unpaired) electrons.